The molecule has 1 aliphatic rings. The number of aromatic nitrogens is 4. The summed E-state index contributed by atoms with van der Waals surface area (Å²) in [6, 6.07) is 26.6. The quantitative estimate of drug-likeness (QED) is 0.259. The van der Waals surface area contributed by atoms with Crippen LogP contribution in [0.5, 0.6) is 23.1 Å². The molecule has 3 heterocycles. The Morgan fingerprint density at radius 2 is 1.65 bits per heavy atom. The maximum atomic E-state index is 6.45. The van der Waals surface area contributed by atoms with Crippen molar-refractivity contribution in [1.29, 1.82) is 0 Å². The van der Waals surface area contributed by atoms with Gasteiger partial charge in [-0.3, -0.25) is 0 Å². The van der Waals surface area contributed by atoms with Crippen molar-refractivity contribution in [2.75, 3.05) is 33.2 Å². The Kier molecular flexibility index (Phi) is 5.55. The van der Waals surface area contributed by atoms with Crippen molar-refractivity contribution in [2.24, 2.45) is 0 Å². The van der Waals surface area contributed by atoms with Crippen molar-refractivity contribution < 1.29 is 14.2 Å². The smallest absolute Gasteiger partial charge is 0.228 e. The molecular formula is C32H27N5O3. The molecule has 0 bridgehead atoms. The topological polar surface area (TPSA) is 74.0 Å². The van der Waals surface area contributed by atoms with Crippen LogP contribution in [0.3, 0.4) is 0 Å². The molecule has 7 rings (SSSR count). The van der Waals surface area contributed by atoms with Gasteiger partial charge in [0.2, 0.25) is 5.88 Å². The Hall–Kier alpha value is -5.11. The van der Waals surface area contributed by atoms with Crippen LogP contribution in [-0.2, 0) is 0 Å². The number of hydrogen-bond donors (Lipinski definition) is 0. The number of benzene rings is 4. The van der Waals surface area contributed by atoms with Crippen LogP contribution >= 0.6 is 0 Å². The molecular weight excluding hydrogens is 502 g/mol. The van der Waals surface area contributed by atoms with E-state index >= 15 is 0 Å². The van der Waals surface area contributed by atoms with Gasteiger partial charge in [0, 0.05) is 36.8 Å². The predicted molar refractivity (Wildman–Crippen MR) is 155 cm³/mol. The van der Waals surface area contributed by atoms with E-state index in [1.54, 1.807) is 25.1 Å². The summed E-state index contributed by atoms with van der Waals surface area (Å²) >= 11 is 0. The molecule has 6 aromatic rings. The third-order valence-electron chi connectivity index (χ3n) is 7.48. The number of hydrogen-bond acceptors (Lipinski definition) is 7. The zero-order valence-corrected chi connectivity index (χ0v) is 22.6. The summed E-state index contributed by atoms with van der Waals surface area (Å²) in [4.78, 5) is 11.8. The second kappa shape index (κ2) is 9.27. The maximum absolute atomic E-state index is 6.45. The molecule has 4 aromatic carbocycles. The van der Waals surface area contributed by atoms with E-state index in [0.29, 0.717) is 28.9 Å². The lowest BCUT2D eigenvalue weighted by molar-refractivity contribution is 0.354. The Labute approximate surface area is 231 Å². The number of anilines is 1. The molecule has 2 aromatic heterocycles. The molecule has 0 saturated carbocycles. The van der Waals surface area contributed by atoms with E-state index in [4.69, 9.17) is 29.3 Å². The molecule has 0 fully saturated rings. The van der Waals surface area contributed by atoms with Crippen LogP contribution in [0.4, 0.5) is 5.69 Å². The van der Waals surface area contributed by atoms with Crippen molar-refractivity contribution in [3.8, 4) is 34.5 Å². The lowest BCUT2D eigenvalue weighted by Crippen LogP contribution is -2.15. The first-order chi connectivity index (χ1) is 19.6. The summed E-state index contributed by atoms with van der Waals surface area (Å²) in [5.41, 5.74) is 5.63. The van der Waals surface area contributed by atoms with Crippen LogP contribution in [0.1, 0.15) is 22.6 Å². The van der Waals surface area contributed by atoms with Gasteiger partial charge in [-0.25, -0.2) is 14.5 Å². The van der Waals surface area contributed by atoms with Gasteiger partial charge in [-0.1, -0.05) is 36.4 Å². The van der Waals surface area contributed by atoms with Gasteiger partial charge in [0.05, 0.1) is 19.8 Å². The molecule has 1 aliphatic heterocycles. The molecule has 8 nitrogen and oxygen atoms in total. The fraction of sp³-hybridized carbons (Fsp3) is 0.156. The molecule has 0 aliphatic carbocycles. The SMILES string of the molecule is COc1ccc([C@H]2c3c(ccc4ccccc34)Oc3ncn4nc(-c5ccc(N(C)C)cc5)nc4c32)cc1OC. The summed E-state index contributed by atoms with van der Waals surface area (Å²) in [7, 11) is 7.33. The van der Waals surface area contributed by atoms with Gasteiger partial charge >= 0.3 is 0 Å². The number of fused-ring (bicyclic) bond motifs is 6. The Bertz CT molecular complexity index is 1900. The zero-order chi connectivity index (χ0) is 27.4. The van der Waals surface area contributed by atoms with Gasteiger partial charge in [0.25, 0.3) is 0 Å². The van der Waals surface area contributed by atoms with E-state index in [0.717, 1.165) is 44.5 Å². The summed E-state index contributed by atoms with van der Waals surface area (Å²) in [6.45, 7) is 0. The van der Waals surface area contributed by atoms with Crippen LogP contribution in [0, 0.1) is 0 Å². The largest absolute Gasteiger partial charge is 0.493 e. The van der Waals surface area contributed by atoms with Gasteiger partial charge in [0.15, 0.2) is 23.0 Å². The molecule has 8 heteroatoms. The normalized spacial score (nSPS) is 13.9. The average molecular weight is 530 g/mol. The van der Waals surface area contributed by atoms with E-state index in [1.807, 2.05) is 50.5 Å². The fourth-order valence-electron chi connectivity index (χ4n) is 5.50. The van der Waals surface area contributed by atoms with E-state index in [9.17, 15) is 0 Å². The number of ether oxygens (including phenoxy) is 3. The minimum atomic E-state index is -0.242. The third-order valence-corrected chi connectivity index (χ3v) is 7.48. The summed E-state index contributed by atoms with van der Waals surface area (Å²) in [6.07, 6.45) is 1.66. The number of rotatable bonds is 5. The highest BCUT2D eigenvalue weighted by molar-refractivity contribution is 5.91. The lowest BCUT2D eigenvalue weighted by Gasteiger charge is -2.29. The zero-order valence-electron chi connectivity index (χ0n) is 22.6. The highest BCUT2D eigenvalue weighted by Gasteiger charge is 2.35. The van der Waals surface area contributed by atoms with E-state index in [2.05, 4.69) is 47.4 Å². The second-order valence-corrected chi connectivity index (χ2v) is 9.96. The van der Waals surface area contributed by atoms with Gasteiger partial charge in [-0.15, -0.1) is 5.10 Å². The number of methoxy groups -OCH3 is 2. The standard InChI is InChI=1S/C32H27N5O3/c1-36(2)22-13-9-20(10-14-22)30-34-31-29-27(21-12-15-24(38-3)26(17-21)39-4)28-23-8-6-5-7-19(23)11-16-25(28)40-32(29)33-18-37(31)35-30/h5-18,27H,1-4H3/t27-/m0/s1. The molecule has 0 N–H and O–H groups in total. The molecule has 1 atom stereocenters. The summed E-state index contributed by atoms with van der Waals surface area (Å²) in [5.74, 6) is 2.97. The highest BCUT2D eigenvalue weighted by Crippen LogP contribution is 2.51. The van der Waals surface area contributed by atoms with Crippen molar-refractivity contribution >= 4 is 22.1 Å². The molecule has 0 radical (unpaired) electrons. The average Bonchev–Trinajstić information content (AvgIpc) is 3.44. The first-order valence-electron chi connectivity index (χ1n) is 13.0. The first kappa shape index (κ1) is 24.0. The molecule has 0 unspecified atom stereocenters. The summed E-state index contributed by atoms with van der Waals surface area (Å²) < 4.78 is 19.4. The Morgan fingerprint density at radius 1 is 0.850 bits per heavy atom. The Morgan fingerprint density at radius 3 is 2.42 bits per heavy atom. The van der Waals surface area contributed by atoms with Crippen LogP contribution in [-0.4, -0.2) is 47.9 Å². The van der Waals surface area contributed by atoms with Crippen LogP contribution in [0.15, 0.2) is 85.2 Å². The molecule has 0 amide bonds. The van der Waals surface area contributed by atoms with Gasteiger partial charge in [-0.2, -0.15) is 0 Å². The fourth-order valence-corrected chi connectivity index (χ4v) is 5.50. The third kappa shape index (κ3) is 3.71. The van der Waals surface area contributed by atoms with Crippen LogP contribution < -0.4 is 19.1 Å². The van der Waals surface area contributed by atoms with E-state index in [1.165, 1.54) is 0 Å². The van der Waals surface area contributed by atoms with Crippen molar-refractivity contribution in [3.63, 3.8) is 0 Å². The Balaban J connectivity index is 1.49. The first-order valence-corrected chi connectivity index (χ1v) is 13.0. The molecule has 198 valence electrons. The molecule has 40 heavy (non-hydrogen) atoms. The second-order valence-electron chi connectivity index (χ2n) is 9.96. The lowest BCUT2D eigenvalue weighted by atomic mass is 9.81. The summed E-state index contributed by atoms with van der Waals surface area (Å²) in [5, 5.41) is 7.03. The number of nitrogens with zero attached hydrogens (tertiary/aromatic N) is 5. The molecule has 0 saturated heterocycles. The van der Waals surface area contributed by atoms with Crippen molar-refractivity contribution in [1.82, 2.24) is 19.6 Å². The minimum Gasteiger partial charge on any atom is -0.493 e. The molecule has 0 spiro atoms. The predicted octanol–water partition coefficient (Wildman–Crippen LogP) is 6.31. The van der Waals surface area contributed by atoms with E-state index < -0.39 is 0 Å². The maximum Gasteiger partial charge on any atom is 0.228 e. The van der Waals surface area contributed by atoms with Gasteiger partial charge in [-0.05, 0) is 58.8 Å². The van der Waals surface area contributed by atoms with Gasteiger partial charge < -0.3 is 19.1 Å². The van der Waals surface area contributed by atoms with Crippen molar-refractivity contribution in [3.05, 3.63) is 102 Å². The van der Waals surface area contributed by atoms with Gasteiger partial charge in [0.1, 0.15) is 12.1 Å². The van der Waals surface area contributed by atoms with Crippen LogP contribution in [0.25, 0.3) is 27.8 Å². The minimum absolute atomic E-state index is 0.242. The van der Waals surface area contributed by atoms with E-state index in [-0.39, 0.29) is 5.92 Å². The van der Waals surface area contributed by atoms with Crippen LogP contribution in [0.2, 0.25) is 0 Å². The van der Waals surface area contributed by atoms with Crippen molar-refractivity contribution in [2.45, 2.75) is 5.92 Å². The highest BCUT2D eigenvalue weighted by atomic mass is 16.5. The monoisotopic (exact) mass is 529 g/mol.